The van der Waals surface area contributed by atoms with E-state index < -0.39 is 19.8 Å². The second-order valence-corrected chi connectivity index (χ2v) is 5.49. The predicted octanol–water partition coefficient (Wildman–Crippen LogP) is 1.19. The number of benzene rings is 1. The van der Waals surface area contributed by atoms with Crippen LogP contribution in [0.4, 0.5) is 0 Å². The predicted molar refractivity (Wildman–Crippen MR) is 51.4 cm³/mol. The van der Waals surface area contributed by atoms with Crippen LogP contribution in [0.1, 0.15) is 0 Å². The molecule has 7 heteroatoms. The molecule has 0 fully saturated rings. The van der Waals surface area contributed by atoms with E-state index in [-0.39, 0.29) is 4.90 Å². The third-order valence-corrected chi connectivity index (χ3v) is 4.01. The molecule has 1 rings (SSSR count). The van der Waals surface area contributed by atoms with Crippen molar-refractivity contribution in [2.24, 2.45) is 3.77 Å². The maximum Gasteiger partial charge on any atom is 0.290 e. The van der Waals surface area contributed by atoms with Gasteiger partial charge in [-0.2, -0.15) is 8.42 Å². The Morgan fingerprint density at radius 1 is 1.23 bits per heavy atom. The SMILES string of the molecule is O=[SH](/Cl)=N/S(=O)(=O)c1ccccc1. The fourth-order valence-electron chi connectivity index (χ4n) is 0.724. The van der Waals surface area contributed by atoms with E-state index in [0.717, 1.165) is 0 Å². The van der Waals surface area contributed by atoms with Crippen molar-refractivity contribution in [1.29, 1.82) is 0 Å². The van der Waals surface area contributed by atoms with Gasteiger partial charge in [0.25, 0.3) is 10.0 Å². The molecule has 0 heterocycles. The Bertz CT molecular complexity index is 462. The van der Waals surface area contributed by atoms with Crippen LogP contribution < -0.4 is 0 Å². The molecule has 0 aliphatic heterocycles. The minimum absolute atomic E-state index is 0.0148. The zero-order chi connectivity index (χ0) is 9.90. The molecule has 0 saturated carbocycles. The molecule has 0 saturated heterocycles. The third-order valence-electron chi connectivity index (χ3n) is 1.21. The van der Waals surface area contributed by atoms with E-state index in [1.165, 1.54) is 12.1 Å². The Kier molecular flexibility index (Phi) is 3.29. The topological polar surface area (TPSA) is 63.6 Å². The van der Waals surface area contributed by atoms with Crippen molar-refractivity contribution in [3.63, 3.8) is 0 Å². The first kappa shape index (κ1) is 10.5. The number of nitrogens with zero attached hydrogens (tertiary/aromatic N) is 1. The van der Waals surface area contributed by atoms with E-state index in [1.807, 2.05) is 0 Å². The minimum atomic E-state index is -3.85. The Hall–Kier alpha value is -0.590. The van der Waals surface area contributed by atoms with Crippen LogP contribution in [0.2, 0.25) is 0 Å². The molecule has 0 aromatic heterocycles. The first-order valence-corrected chi connectivity index (χ1v) is 6.74. The van der Waals surface area contributed by atoms with Crippen LogP contribution in [0.25, 0.3) is 0 Å². The third kappa shape index (κ3) is 2.98. The molecular weight excluding hydrogens is 234 g/mol. The van der Waals surface area contributed by atoms with Crippen LogP contribution in [-0.4, -0.2) is 12.6 Å². The zero-order valence-electron chi connectivity index (χ0n) is 6.29. The summed E-state index contributed by atoms with van der Waals surface area (Å²) in [5.41, 5.74) is 0. The highest BCUT2D eigenvalue weighted by molar-refractivity contribution is 8.06. The average Bonchev–Trinajstić information content (AvgIpc) is 2.04. The van der Waals surface area contributed by atoms with Gasteiger partial charge in [-0.1, -0.05) is 22.0 Å². The molecule has 1 unspecified atom stereocenters. The van der Waals surface area contributed by atoms with Gasteiger partial charge >= 0.3 is 0 Å². The lowest BCUT2D eigenvalue weighted by Gasteiger charge is -1.94. The van der Waals surface area contributed by atoms with Crippen molar-refractivity contribution < 1.29 is 12.6 Å². The highest BCUT2D eigenvalue weighted by Gasteiger charge is 2.10. The molecule has 1 aromatic carbocycles. The molecule has 0 aliphatic carbocycles. The number of thiol groups is 1. The van der Waals surface area contributed by atoms with Crippen molar-refractivity contribution in [3.05, 3.63) is 30.3 Å². The number of halogens is 1. The Morgan fingerprint density at radius 2 is 1.77 bits per heavy atom. The van der Waals surface area contributed by atoms with Crippen LogP contribution in [0.3, 0.4) is 0 Å². The summed E-state index contributed by atoms with van der Waals surface area (Å²) in [5.74, 6) is 0. The van der Waals surface area contributed by atoms with Crippen molar-refractivity contribution >= 4 is 30.5 Å². The van der Waals surface area contributed by atoms with E-state index in [9.17, 15) is 12.6 Å². The van der Waals surface area contributed by atoms with Gasteiger partial charge in [0.2, 0.25) is 0 Å². The van der Waals surface area contributed by atoms with Crippen molar-refractivity contribution in [1.82, 2.24) is 0 Å². The smallest absolute Gasteiger partial charge is 0.236 e. The summed E-state index contributed by atoms with van der Waals surface area (Å²) in [6.45, 7) is 0. The zero-order valence-corrected chi connectivity index (χ0v) is 8.76. The highest BCUT2D eigenvalue weighted by atomic mass is 35.7. The second kappa shape index (κ2) is 4.08. The van der Waals surface area contributed by atoms with Gasteiger partial charge in [0.05, 0.1) is 4.90 Å². The lowest BCUT2D eigenvalue weighted by atomic mass is 10.4. The molecule has 0 bridgehead atoms. The summed E-state index contributed by atoms with van der Waals surface area (Å²) < 4.78 is 35.7. The molecule has 0 aliphatic rings. The highest BCUT2D eigenvalue weighted by Crippen LogP contribution is 2.11. The van der Waals surface area contributed by atoms with Crippen molar-refractivity contribution in [2.75, 3.05) is 0 Å². The number of hydrogen-bond donors (Lipinski definition) is 1. The van der Waals surface area contributed by atoms with Crippen molar-refractivity contribution in [3.8, 4) is 0 Å². The van der Waals surface area contributed by atoms with Gasteiger partial charge in [0.1, 0.15) is 9.81 Å². The van der Waals surface area contributed by atoms with Gasteiger partial charge in [-0.05, 0) is 22.8 Å². The molecule has 13 heavy (non-hydrogen) atoms. The molecule has 0 amide bonds. The van der Waals surface area contributed by atoms with Crippen LogP contribution in [0.15, 0.2) is 39.0 Å². The van der Waals surface area contributed by atoms with E-state index >= 15 is 0 Å². The van der Waals surface area contributed by atoms with E-state index in [0.29, 0.717) is 0 Å². The minimum Gasteiger partial charge on any atom is -0.236 e. The van der Waals surface area contributed by atoms with Gasteiger partial charge < -0.3 is 0 Å². The molecule has 0 spiro atoms. The Balaban J connectivity index is 3.25. The van der Waals surface area contributed by atoms with E-state index in [1.54, 1.807) is 18.2 Å². The molecule has 0 N–H and O–H groups in total. The van der Waals surface area contributed by atoms with E-state index in [4.69, 9.17) is 10.7 Å². The fourth-order valence-corrected chi connectivity index (χ4v) is 3.01. The van der Waals surface area contributed by atoms with Gasteiger partial charge in [0.15, 0.2) is 0 Å². The molecule has 72 valence electrons. The molecule has 0 radical (unpaired) electrons. The quantitative estimate of drug-likeness (QED) is 0.623. The maximum atomic E-state index is 11.2. The normalized spacial score (nSPS) is 14.2. The summed E-state index contributed by atoms with van der Waals surface area (Å²) in [7, 11) is -1.43. The molecule has 1 atom stereocenters. The summed E-state index contributed by atoms with van der Waals surface area (Å²) in [5, 5.41) is 0. The van der Waals surface area contributed by atoms with Gasteiger partial charge in [0, 0.05) is 0 Å². The monoisotopic (exact) mass is 239 g/mol. The van der Waals surface area contributed by atoms with E-state index in [2.05, 4.69) is 3.77 Å². The van der Waals surface area contributed by atoms with Gasteiger partial charge in [-0.3, -0.25) is 0 Å². The summed E-state index contributed by atoms with van der Waals surface area (Å²) in [4.78, 5) is -0.0148. The lowest BCUT2D eigenvalue weighted by Crippen LogP contribution is -1.95. The average molecular weight is 240 g/mol. The first-order valence-electron chi connectivity index (χ1n) is 3.18. The molecule has 4 nitrogen and oxygen atoms in total. The second-order valence-electron chi connectivity index (χ2n) is 2.10. The maximum absolute atomic E-state index is 11.2. The summed E-state index contributed by atoms with van der Waals surface area (Å²) in [6.07, 6.45) is 0. The van der Waals surface area contributed by atoms with Gasteiger partial charge in [-0.15, -0.1) is 0 Å². The number of rotatable bonds is 2. The van der Waals surface area contributed by atoms with Crippen molar-refractivity contribution in [2.45, 2.75) is 4.90 Å². The molecule has 1 aromatic rings. The van der Waals surface area contributed by atoms with Crippen LogP contribution in [0.5, 0.6) is 0 Å². The van der Waals surface area contributed by atoms with Crippen LogP contribution in [0, 0.1) is 0 Å². The fraction of sp³-hybridized carbons (Fsp3) is 0. The first-order chi connectivity index (χ1) is 6.02. The molecular formula is C6H6ClNO3S2. The Morgan fingerprint density at radius 3 is 2.23 bits per heavy atom. The lowest BCUT2D eigenvalue weighted by molar-refractivity contribution is 0.598. The number of sulfonamides is 1. The summed E-state index contributed by atoms with van der Waals surface area (Å²) in [6, 6.07) is 7.47. The largest absolute Gasteiger partial charge is 0.290 e. The van der Waals surface area contributed by atoms with Gasteiger partial charge in [-0.25, -0.2) is 4.21 Å². The summed E-state index contributed by atoms with van der Waals surface area (Å²) >= 11 is 0. The number of hydrogen-bond acceptors (Lipinski definition) is 3. The van der Waals surface area contributed by atoms with Crippen LogP contribution in [-0.2, 0) is 19.8 Å². The standard InChI is InChI=1S/C6H6ClNO3S2/c7-12(9)8-13(10,11)6-4-2-1-3-5-6/h1-5,12H. The Labute approximate surface area is 82.3 Å². The van der Waals surface area contributed by atoms with Crippen LogP contribution >= 0.6 is 10.7 Å².